The van der Waals surface area contributed by atoms with Crippen LogP contribution in [0.4, 0.5) is 4.39 Å². The number of hydrogen-bond donors (Lipinski definition) is 1. The molecular formula is C27H33FN4O4. The van der Waals surface area contributed by atoms with Crippen LogP contribution >= 0.6 is 0 Å². The van der Waals surface area contributed by atoms with Crippen molar-refractivity contribution in [2.24, 2.45) is 0 Å². The van der Waals surface area contributed by atoms with Gasteiger partial charge in [-0.1, -0.05) is 12.1 Å². The predicted octanol–water partition coefficient (Wildman–Crippen LogP) is 2.88. The standard InChI is InChI=1S/C27H33FN4O4/c1-21-29-10-11-31(21)14-15-35-26-5-3-4-23(16-26)17-30-12-13-32(22(2)33)19-27(34,18-30)20-36-25-8-6-24(28)7-9-25/h3-11,16,34H,12-15,17-20H2,1-2H3/t27-/m0/s1. The maximum atomic E-state index is 13.2. The number of hydrogen-bond acceptors (Lipinski definition) is 6. The molecule has 0 saturated carbocycles. The number of halogens is 1. The van der Waals surface area contributed by atoms with Gasteiger partial charge in [-0.15, -0.1) is 0 Å². The predicted molar refractivity (Wildman–Crippen MR) is 133 cm³/mol. The molecule has 1 fully saturated rings. The SMILES string of the molecule is CC(=O)N1CCN(Cc2cccc(OCCn3ccnc3C)c2)C[C@@](O)(COc2ccc(F)cc2)C1. The van der Waals surface area contributed by atoms with E-state index >= 15 is 0 Å². The van der Waals surface area contributed by atoms with Crippen LogP contribution in [0.2, 0.25) is 0 Å². The molecule has 1 amide bonds. The number of aryl methyl sites for hydroxylation is 1. The van der Waals surface area contributed by atoms with Crippen LogP contribution in [0.15, 0.2) is 60.9 Å². The first-order valence-corrected chi connectivity index (χ1v) is 12.1. The van der Waals surface area contributed by atoms with Gasteiger partial charge in [-0.3, -0.25) is 9.69 Å². The smallest absolute Gasteiger partial charge is 0.219 e. The molecule has 9 heteroatoms. The molecule has 4 rings (SSSR count). The normalized spacial score (nSPS) is 18.6. The molecule has 1 aliphatic rings. The molecule has 0 unspecified atom stereocenters. The number of nitrogens with zero attached hydrogens (tertiary/aromatic N) is 4. The minimum absolute atomic E-state index is 0.0181. The van der Waals surface area contributed by atoms with E-state index < -0.39 is 5.60 Å². The van der Waals surface area contributed by atoms with E-state index in [1.165, 1.54) is 31.2 Å². The lowest BCUT2D eigenvalue weighted by Gasteiger charge is -2.32. The average molecular weight is 497 g/mol. The van der Waals surface area contributed by atoms with Gasteiger partial charge in [0, 0.05) is 45.5 Å². The molecule has 3 aromatic rings. The van der Waals surface area contributed by atoms with Crippen molar-refractivity contribution in [2.45, 2.75) is 32.5 Å². The molecule has 1 aromatic heterocycles. The summed E-state index contributed by atoms with van der Waals surface area (Å²) in [4.78, 5) is 20.1. The minimum Gasteiger partial charge on any atom is -0.492 e. The summed E-state index contributed by atoms with van der Waals surface area (Å²) >= 11 is 0. The Morgan fingerprint density at radius 2 is 1.92 bits per heavy atom. The van der Waals surface area contributed by atoms with Crippen molar-refractivity contribution in [2.75, 3.05) is 39.4 Å². The number of aromatic nitrogens is 2. The summed E-state index contributed by atoms with van der Waals surface area (Å²) < 4.78 is 27.0. The van der Waals surface area contributed by atoms with Gasteiger partial charge in [-0.2, -0.15) is 0 Å². The zero-order valence-electron chi connectivity index (χ0n) is 20.8. The lowest BCUT2D eigenvalue weighted by atomic mass is 10.0. The van der Waals surface area contributed by atoms with Crippen LogP contribution in [-0.2, 0) is 17.9 Å². The Kier molecular flexibility index (Phi) is 8.22. The number of imidazole rings is 1. The van der Waals surface area contributed by atoms with Crippen molar-refractivity contribution in [3.8, 4) is 11.5 Å². The molecule has 0 bridgehead atoms. The Balaban J connectivity index is 1.39. The zero-order valence-corrected chi connectivity index (χ0v) is 20.8. The van der Waals surface area contributed by atoms with Gasteiger partial charge in [0.05, 0.1) is 13.1 Å². The van der Waals surface area contributed by atoms with Crippen LogP contribution in [0.5, 0.6) is 11.5 Å². The van der Waals surface area contributed by atoms with Crippen molar-refractivity contribution >= 4 is 5.91 Å². The molecule has 2 heterocycles. The number of β-amino-alcohol motifs (C(OH)–C–C–N with tert-alkyl or cyclic N) is 1. The lowest BCUT2D eigenvalue weighted by molar-refractivity contribution is -0.132. The Labute approximate surface area is 210 Å². The number of amides is 1. The van der Waals surface area contributed by atoms with Gasteiger partial charge in [-0.25, -0.2) is 9.37 Å². The largest absolute Gasteiger partial charge is 0.492 e. The summed E-state index contributed by atoms with van der Waals surface area (Å²) in [6, 6.07) is 13.6. The van der Waals surface area contributed by atoms with Gasteiger partial charge in [0.25, 0.3) is 0 Å². The quantitative estimate of drug-likeness (QED) is 0.491. The van der Waals surface area contributed by atoms with Crippen LogP contribution in [0.25, 0.3) is 0 Å². The van der Waals surface area contributed by atoms with Crippen molar-refractivity contribution in [3.05, 3.63) is 78.1 Å². The summed E-state index contributed by atoms with van der Waals surface area (Å²) in [5.41, 5.74) is -0.239. The molecule has 0 radical (unpaired) electrons. The van der Waals surface area contributed by atoms with Crippen LogP contribution in [0, 0.1) is 12.7 Å². The second kappa shape index (κ2) is 11.5. The van der Waals surface area contributed by atoms with Gasteiger partial charge in [0.2, 0.25) is 5.91 Å². The van der Waals surface area contributed by atoms with Gasteiger partial charge in [0.1, 0.15) is 42.0 Å². The summed E-state index contributed by atoms with van der Waals surface area (Å²) in [5.74, 6) is 1.74. The Bertz CT molecular complexity index is 1150. The fourth-order valence-electron chi connectivity index (χ4n) is 4.38. The molecule has 1 aliphatic heterocycles. The van der Waals surface area contributed by atoms with Crippen molar-refractivity contribution in [3.63, 3.8) is 0 Å². The number of ether oxygens (including phenoxy) is 2. The van der Waals surface area contributed by atoms with E-state index in [2.05, 4.69) is 9.88 Å². The van der Waals surface area contributed by atoms with E-state index in [1.54, 1.807) is 11.1 Å². The van der Waals surface area contributed by atoms with Crippen molar-refractivity contribution in [1.82, 2.24) is 19.4 Å². The summed E-state index contributed by atoms with van der Waals surface area (Å²) in [7, 11) is 0. The third-order valence-electron chi connectivity index (χ3n) is 6.28. The summed E-state index contributed by atoms with van der Waals surface area (Å²) in [6.45, 7) is 6.88. The van der Waals surface area contributed by atoms with Crippen LogP contribution in [0.3, 0.4) is 0 Å². The Morgan fingerprint density at radius 1 is 1.11 bits per heavy atom. The average Bonchev–Trinajstić information content (AvgIpc) is 3.17. The zero-order chi connectivity index (χ0) is 25.5. The van der Waals surface area contributed by atoms with E-state index in [0.29, 0.717) is 45.1 Å². The first-order chi connectivity index (χ1) is 17.3. The molecule has 8 nitrogen and oxygen atoms in total. The van der Waals surface area contributed by atoms with E-state index in [9.17, 15) is 14.3 Å². The first kappa shape index (κ1) is 25.7. The third kappa shape index (κ3) is 7.05. The van der Waals surface area contributed by atoms with Crippen LogP contribution in [-0.4, -0.2) is 75.4 Å². The van der Waals surface area contributed by atoms with Gasteiger partial charge >= 0.3 is 0 Å². The van der Waals surface area contributed by atoms with E-state index in [0.717, 1.165) is 17.1 Å². The molecule has 192 valence electrons. The van der Waals surface area contributed by atoms with Crippen molar-refractivity contribution in [1.29, 1.82) is 0 Å². The maximum Gasteiger partial charge on any atom is 0.219 e. The van der Waals surface area contributed by atoms with Crippen LogP contribution < -0.4 is 9.47 Å². The van der Waals surface area contributed by atoms with E-state index in [1.807, 2.05) is 42.0 Å². The Morgan fingerprint density at radius 3 is 2.64 bits per heavy atom. The summed E-state index contributed by atoms with van der Waals surface area (Å²) in [5, 5.41) is 11.5. The second-order valence-corrected chi connectivity index (χ2v) is 9.28. The van der Waals surface area contributed by atoms with Gasteiger partial charge < -0.3 is 24.0 Å². The molecule has 1 saturated heterocycles. The fourth-order valence-corrected chi connectivity index (χ4v) is 4.38. The van der Waals surface area contributed by atoms with E-state index in [4.69, 9.17) is 9.47 Å². The topological polar surface area (TPSA) is 80.1 Å². The molecule has 2 aromatic carbocycles. The van der Waals surface area contributed by atoms with Crippen LogP contribution in [0.1, 0.15) is 18.3 Å². The highest BCUT2D eigenvalue weighted by Crippen LogP contribution is 2.21. The molecule has 1 N–H and O–H groups in total. The fraction of sp³-hybridized carbons (Fsp3) is 0.407. The highest BCUT2D eigenvalue weighted by Gasteiger charge is 2.37. The number of carbonyl (C=O) groups is 1. The van der Waals surface area contributed by atoms with Gasteiger partial charge in [0.15, 0.2) is 0 Å². The second-order valence-electron chi connectivity index (χ2n) is 9.28. The lowest BCUT2D eigenvalue weighted by Crippen LogP contribution is -2.51. The minimum atomic E-state index is -1.28. The number of benzene rings is 2. The first-order valence-electron chi connectivity index (χ1n) is 12.1. The molecule has 36 heavy (non-hydrogen) atoms. The summed E-state index contributed by atoms with van der Waals surface area (Å²) in [6.07, 6.45) is 3.70. The van der Waals surface area contributed by atoms with Gasteiger partial charge in [-0.05, 0) is 48.9 Å². The number of rotatable bonds is 9. The maximum absolute atomic E-state index is 13.2. The highest BCUT2D eigenvalue weighted by molar-refractivity contribution is 5.73. The third-order valence-corrected chi connectivity index (χ3v) is 6.28. The van der Waals surface area contributed by atoms with E-state index in [-0.39, 0.29) is 24.9 Å². The molecule has 0 spiro atoms. The highest BCUT2D eigenvalue weighted by atomic mass is 19.1. The number of aliphatic hydroxyl groups is 1. The monoisotopic (exact) mass is 496 g/mol. The molecular weight excluding hydrogens is 463 g/mol. The Hall–Kier alpha value is -3.43. The number of carbonyl (C=O) groups excluding carboxylic acids is 1. The molecule has 1 atom stereocenters. The molecule has 0 aliphatic carbocycles. The van der Waals surface area contributed by atoms with Crippen molar-refractivity contribution < 1.29 is 23.8 Å².